The molecule has 0 atom stereocenters. The lowest BCUT2D eigenvalue weighted by Crippen LogP contribution is -2.31. The zero-order valence-corrected chi connectivity index (χ0v) is 18.4. The zero-order valence-electron chi connectivity index (χ0n) is 18.4. The van der Waals surface area contributed by atoms with Gasteiger partial charge >= 0.3 is 0 Å². The topological polar surface area (TPSA) is 3.88 Å². The van der Waals surface area contributed by atoms with Crippen molar-refractivity contribution in [3.05, 3.63) is 89.6 Å². The molecule has 0 amide bonds. The molecule has 0 N–H and O–H groups in total. The maximum Gasteiger partial charge on any atom is 0.220 e. The Morgan fingerprint density at radius 1 is 0.759 bits per heavy atom. The molecule has 146 valence electrons. The van der Waals surface area contributed by atoms with Gasteiger partial charge in [-0.1, -0.05) is 63.2 Å². The highest BCUT2D eigenvalue weighted by Crippen LogP contribution is 2.35. The van der Waals surface area contributed by atoms with E-state index in [-0.39, 0.29) is 5.41 Å². The summed E-state index contributed by atoms with van der Waals surface area (Å²) >= 11 is 0. The van der Waals surface area contributed by atoms with Crippen LogP contribution in [-0.2, 0) is 12.5 Å². The van der Waals surface area contributed by atoms with Gasteiger partial charge in [0.25, 0.3) is 0 Å². The summed E-state index contributed by atoms with van der Waals surface area (Å²) in [6.07, 6.45) is 2.19. The summed E-state index contributed by atoms with van der Waals surface area (Å²) in [5, 5.41) is 2.57. The quantitative estimate of drug-likeness (QED) is 0.333. The lowest BCUT2D eigenvalue weighted by Gasteiger charge is -2.22. The van der Waals surface area contributed by atoms with Gasteiger partial charge in [-0.3, -0.25) is 0 Å². The van der Waals surface area contributed by atoms with Crippen LogP contribution in [0, 0.1) is 13.8 Å². The molecule has 1 heteroatoms. The minimum Gasteiger partial charge on any atom is -0.200 e. The van der Waals surface area contributed by atoms with E-state index in [2.05, 4.69) is 119 Å². The van der Waals surface area contributed by atoms with Crippen LogP contribution in [0.1, 0.15) is 37.5 Å². The number of pyridine rings is 1. The molecule has 3 aromatic carbocycles. The van der Waals surface area contributed by atoms with E-state index in [9.17, 15) is 0 Å². The van der Waals surface area contributed by atoms with Crippen LogP contribution >= 0.6 is 0 Å². The maximum atomic E-state index is 2.39. The van der Waals surface area contributed by atoms with Gasteiger partial charge in [-0.25, -0.2) is 4.57 Å². The zero-order chi connectivity index (χ0) is 20.8. The Morgan fingerprint density at radius 3 is 2.17 bits per heavy atom. The number of rotatable bonds is 2. The third-order valence-electron chi connectivity index (χ3n) is 6.03. The normalized spacial score (nSPS) is 11.8. The summed E-state index contributed by atoms with van der Waals surface area (Å²) in [4.78, 5) is 0. The number of aryl methyl sites for hydroxylation is 2. The molecular formula is C28H30N+. The lowest BCUT2D eigenvalue weighted by molar-refractivity contribution is -0.659. The Bertz CT molecular complexity index is 1190. The van der Waals surface area contributed by atoms with E-state index in [1.807, 2.05) is 0 Å². The largest absolute Gasteiger partial charge is 0.220 e. The van der Waals surface area contributed by atoms with Crippen LogP contribution in [-0.4, -0.2) is 0 Å². The Balaban J connectivity index is 1.97. The Hall–Kier alpha value is -2.93. The molecule has 0 bridgehead atoms. The third-order valence-corrected chi connectivity index (χ3v) is 6.03. The van der Waals surface area contributed by atoms with Crippen molar-refractivity contribution in [2.45, 2.75) is 40.0 Å². The first-order valence-electron chi connectivity index (χ1n) is 10.4. The molecule has 0 spiro atoms. The van der Waals surface area contributed by atoms with Crippen molar-refractivity contribution < 1.29 is 4.57 Å². The molecule has 1 nitrogen and oxygen atoms in total. The van der Waals surface area contributed by atoms with Gasteiger partial charge in [-0.05, 0) is 70.7 Å². The highest BCUT2D eigenvalue weighted by atomic mass is 14.9. The van der Waals surface area contributed by atoms with Gasteiger partial charge in [0.15, 0.2) is 6.20 Å². The van der Waals surface area contributed by atoms with E-state index in [0.29, 0.717) is 0 Å². The summed E-state index contributed by atoms with van der Waals surface area (Å²) < 4.78 is 2.26. The molecule has 1 heterocycles. The van der Waals surface area contributed by atoms with Gasteiger partial charge in [0.05, 0.1) is 10.9 Å². The first-order chi connectivity index (χ1) is 13.8. The molecule has 29 heavy (non-hydrogen) atoms. The van der Waals surface area contributed by atoms with Crippen LogP contribution in [0.25, 0.3) is 33.2 Å². The fourth-order valence-corrected chi connectivity index (χ4v) is 4.06. The number of hydrogen-bond acceptors (Lipinski definition) is 0. The molecular weight excluding hydrogens is 350 g/mol. The molecule has 0 saturated heterocycles. The van der Waals surface area contributed by atoms with E-state index in [1.54, 1.807) is 0 Å². The molecule has 0 radical (unpaired) electrons. The third kappa shape index (κ3) is 3.58. The maximum absolute atomic E-state index is 2.39. The molecule has 0 aliphatic heterocycles. The van der Waals surface area contributed by atoms with Crippen molar-refractivity contribution in [3.63, 3.8) is 0 Å². The average molecular weight is 381 g/mol. The summed E-state index contributed by atoms with van der Waals surface area (Å²) in [6, 6.07) is 24.4. The van der Waals surface area contributed by atoms with Gasteiger partial charge in [-0.2, -0.15) is 0 Å². The molecule has 0 aliphatic rings. The SMILES string of the molecule is Cc1cc(C(C)(C)C)cc(-c2c3ccc(-c4ccccc4)cc3cc[n+]2C)c1C. The molecule has 0 saturated carbocycles. The minimum absolute atomic E-state index is 0.122. The predicted molar refractivity (Wildman–Crippen MR) is 124 cm³/mol. The van der Waals surface area contributed by atoms with Gasteiger partial charge in [0, 0.05) is 6.07 Å². The van der Waals surface area contributed by atoms with Crippen LogP contribution < -0.4 is 4.57 Å². The van der Waals surface area contributed by atoms with Crippen LogP contribution in [0.4, 0.5) is 0 Å². The Labute approximate surface area is 174 Å². The summed E-state index contributed by atoms with van der Waals surface area (Å²) in [7, 11) is 2.15. The number of benzene rings is 3. The second kappa shape index (κ2) is 7.15. The van der Waals surface area contributed by atoms with Gasteiger partial charge in [-0.15, -0.1) is 0 Å². The molecule has 0 unspecified atom stereocenters. The fourth-order valence-electron chi connectivity index (χ4n) is 4.06. The standard InChI is InChI=1S/C28H30N/c1-19-16-24(28(3,4)5)18-26(20(19)2)27-25-13-12-22(21-10-8-7-9-11-21)17-23(25)14-15-29(27)6/h7-18H,1-6H3/q+1. The van der Waals surface area contributed by atoms with Crippen molar-refractivity contribution in [1.82, 2.24) is 0 Å². The van der Waals surface area contributed by atoms with Crippen LogP contribution in [0.3, 0.4) is 0 Å². The van der Waals surface area contributed by atoms with Crippen molar-refractivity contribution >= 4 is 10.8 Å². The fraction of sp³-hybridized carbons (Fsp3) is 0.250. The van der Waals surface area contributed by atoms with Crippen molar-refractivity contribution in [2.24, 2.45) is 7.05 Å². The van der Waals surface area contributed by atoms with Crippen molar-refractivity contribution in [2.75, 3.05) is 0 Å². The number of hydrogen-bond donors (Lipinski definition) is 0. The van der Waals surface area contributed by atoms with E-state index in [0.717, 1.165) is 0 Å². The van der Waals surface area contributed by atoms with Gasteiger partial charge in [0.2, 0.25) is 5.69 Å². The Kier molecular flexibility index (Phi) is 4.78. The van der Waals surface area contributed by atoms with Crippen molar-refractivity contribution in [1.29, 1.82) is 0 Å². The van der Waals surface area contributed by atoms with Crippen molar-refractivity contribution in [3.8, 4) is 22.4 Å². The highest BCUT2D eigenvalue weighted by molar-refractivity contribution is 5.96. The molecule has 1 aromatic heterocycles. The minimum atomic E-state index is 0.122. The summed E-state index contributed by atoms with van der Waals surface area (Å²) in [6.45, 7) is 11.3. The second-order valence-electron chi connectivity index (χ2n) is 9.16. The van der Waals surface area contributed by atoms with Gasteiger partial charge in [0.1, 0.15) is 7.05 Å². The molecule has 4 aromatic rings. The first-order valence-corrected chi connectivity index (χ1v) is 10.4. The summed E-state index contributed by atoms with van der Waals surface area (Å²) in [5.41, 5.74) is 9.34. The molecule has 4 rings (SSSR count). The van der Waals surface area contributed by atoms with Crippen LogP contribution in [0.5, 0.6) is 0 Å². The highest BCUT2D eigenvalue weighted by Gasteiger charge is 2.22. The lowest BCUT2D eigenvalue weighted by atomic mass is 9.82. The van der Waals surface area contributed by atoms with E-state index < -0.39 is 0 Å². The monoisotopic (exact) mass is 380 g/mol. The molecule has 0 fully saturated rings. The number of nitrogens with zero attached hydrogens (tertiary/aromatic N) is 1. The Morgan fingerprint density at radius 2 is 1.48 bits per heavy atom. The smallest absolute Gasteiger partial charge is 0.200 e. The molecule has 0 aliphatic carbocycles. The number of fused-ring (bicyclic) bond motifs is 1. The van der Waals surface area contributed by atoms with Gasteiger partial charge < -0.3 is 0 Å². The first kappa shape index (κ1) is 19.4. The van der Waals surface area contributed by atoms with E-state index >= 15 is 0 Å². The van der Waals surface area contributed by atoms with Crippen LogP contribution in [0.2, 0.25) is 0 Å². The average Bonchev–Trinajstić information content (AvgIpc) is 2.70. The number of aromatic nitrogens is 1. The summed E-state index contributed by atoms with van der Waals surface area (Å²) in [5.74, 6) is 0. The van der Waals surface area contributed by atoms with E-state index in [4.69, 9.17) is 0 Å². The van der Waals surface area contributed by atoms with E-state index in [1.165, 1.54) is 49.8 Å². The second-order valence-corrected chi connectivity index (χ2v) is 9.16. The predicted octanol–water partition coefficient (Wildman–Crippen LogP) is 6.91. The van der Waals surface area contributed by atoms with Crippen LogP contribution in [0.15, 0.2) is 72.9 Å².